The fraction of sp³-hybridized carbons (Fsp3) is 1.00. The van der Waals surface area contributed by atoms with Crippen molar-refractivity contribution in [3.63, 3.8) is 0 Å². The number of hydrogen-bond donors (Lipinski definition) is 6. The lowest BCUT2D eigenvalue weighted by molar-refractivity contribution is -0.357. The summed E-state index contributed by atoms with van der Waals surface area (Å²) in [6, 6.07) is 0. The third kappa shape index (κ3) is 4.12. The van der Waals surface area contributed by atoms with Gasteiger partial charge < -0.3 is 54.3 Å². The minimum Gasteiger partial charge on any atom is -0.394 e. The molecule has 0 aromatic carbocycles. The molecular weight excluding hydrogens is 344 g/mol. The van der Waals surface area contributed by atoms with Crippen LogP contribution in [-0.2, 0) is 23.7 Å². The van der Waals surface area contributed by atoms with Crippen LogP contribution in [0.2, 0.25) is 0 Å². The second-order valence-electron chi connectivity index (χ2n) is 5.95. The van der Waals surface area contributed by atoms with Crippen molar-refractivity contribution in [2.75, 3.05) is 27.4 Å². The van der Waals surface area contributed by atoms with Gasteiger partial charge in [-0.1, -0.05) is 0 Å². The molecule has 0 unspecified atom stereocenters. The smallest absolute Gasteiger partial charge is 0.187 e. The van der Waals surface area contributed by atoms with E-state index in [1.165, 1.54) is 14.2 Å². The zero-order valence-electron chi connectivity index (χ0n) is 13.9. The molecule has 11 nitrogen and oxygen atoms in total. The maximum absolute atomic E-state index is 10.4. The first kappa shape index (κ1) is 20.9. The maximum Gasteiger partial charge on any atom is 0.187 e. The third-order valence-electron chi connectivity index (χ3n) is 4.47. The van der Waals surface area contributed by atoms with E-state index in [1.807, 2.05) is 0 Å². The minimum absolute atomic E-state index is 0.445. The summed E-state index contributed by atoms with van der Waals surface area (Å²) in [7, 11) is 2.71. The van der Waals surface area contributed by atoms with Crippen molar-refractivity contribution < 1.29 is 54.3 Å². The maximum atomic E-state index is 10.4. The van der Waals surface area contributed by atoms with Crippen LogP contribution in [-0.4, -0.2) is 119 Å². The molecule has 0 aliphatic carbocycles. The highest BCUT2D eigenvalue weighted by molar-refractivity contribution is 4.94. The second kappa shape index (κ2) is 8.97. The van der Waals surface area contributed by atoms with Gasteiger partial charge in [-0.25, -0.2) is 0 Å². The van der Waals surface area contributed by atoms with Crippen molar-refractivity contribution in [1.82, 2.24) is 0 Å². The van der Waals surface area contributed by atoms with Crippen LogP contribution in [0.3, 0.4) is 0 Å². The van der Waals surface area contributed by atoms with Crippen molar-refractivity contribution in [2.45, 2.75) is 61.4 Å². The Balaban J connectivity index is 2.16. The van der Waals surface area contributed by atoms with Gasteiger partial charge in [-0.15, -0.1) is 0 Å². The van der Waals surface area contributed by atoms with Gasteiger partial charge in [0.05, 0.1) is 13.2 Å². The van der Waals surface area contributed by atoms with Crippen LogP contribution >= 0.6 is 0 Å². The predicted molar refractivity (Wildman–Crippen MR) is 78.2 cm³/mol. The lowest BCUT2D eigenvalue weighted by Crippen LogP contribution is -2.65. The van der Waals surface area contributed by atoms with E-state index in [0.29, 0.717) is 0 Å². The quantitative estimate of drug-likeness (QED) is 0.269. The van der Waals surface area contributed by atoms with E-state index in [4.69, 9.17) is 23.7 Å². The standard InChI is InChI=1S/C14H26O11/c1-21-11-6(4-16)24-14(9(19)12(11)22-2)25-10-5(3-15)23-13(20)8(18)7(10)17/h5-20H,3-4H2,1-2H3/t5-,6-,7-,8-,9-,10-,11+,12-,13-,14+/m1/s1. The molecular formula is C14H26O11. The number of methoxy groups -OCH3 is 2. The molecule has 2 aliphatic rings. The van der Waals surface area contributed by atoms with E-state index in [0.717, 1.165) is 0 Å². The highest BCUT2D eigenvalue weighted by atomic mass is 16.7. The van der Waals surface area contributed by atoms with E-state index in [1.54, 1.807) is 0 Å². The first-order valence-corrected chi connectivity index (χ1v) is 7.85. The van der Waals surface area contributed by atoms with Gasteiger partial charge in [0.2, 0.25) is 0 Å². The lowest BCUT2D eigenvalue weighted by Gasteiger charge is -2.46. The summed E-state index contributed by atoms with van der Waals surface area (Å²) in [6.45, 7) is -1.06. The summed E-state index contributed by atoms with van der Waals surface area (Å²) in [4.78, 5) is 0. The molecule has 148 valence electrons. The molecule has 0 saturated carbocycles. The Hall–Kier alpha value is -0.440. The van der Waals surface area contributed by atoms with Gasteiger partial charge in [0.25, 0.3) is 0 Å². The molecule has 0 amide bonds. The Kier molecular flexibility index (Phi) is 7.49. The topological polar surface area (TPSA) is 168 Å². The van der Waals surface area contributed by atoms with Gasteiger partial charge >= 0.3 is 0 Å². The molecule has 2 fully saturated rings. The molecule has 2 heterocycles. The van der Waals surface area contributed by atoms with E-state index in [-0.39, 0.29) is 0 Å². The van der Waals surface area contributed by atoms with E-state index >= 15 is 0 Å². The highest BCUT2D eigenvalue weighted by Crippen LogP contribution is 2.30. The van der Waals surface area contributed by atoms with E-state index in [2.05, 4.69) is 0 Å². The highest BCUT2D eigenvalue weighted by Gasteiger charge is 2.51. The zero-order valence-corrected chi connectivity index (χ0v) is 13.9. The van der Waals surface area contributed by atoms with Crippen LogP contribution in [0.25, 0.3) is 0 Å². The lowest BCUT2D eigenvalue weighted by atomic mass is 9.97. The molecule has 0 spiro atoms. The van der Waals surface area contributed by atoms with Gasteiger partial charge in [-0.05, 0) is 0 Å². The molecule has 0 aromatic rings. The van der Waals surface area contributed by atoms with E-state index in [9.17, 15) is 30.6 Å². The molecule has 2 rings (SSSR count). The Morgan fingerprint density at radius 3 is 1.80 bits per heavy atom. The Labute approximate surface area is 144 Å². The van der Waals surface area contributed by atoms with Crippen molar-refractivity contribution in [1.29, 1.82) is 0 Å². The molecule has 0 radical (unpaired) electrons. The number of aliphatic hydroxyl groups is 6. The first-order valence-electron chi connectivity index (χ1n) is 7.85. The van der Waals surface area contributed by atoms with Crippen molar-refractivity contribution >= 4 is 0 Å². The van der Waals surface area contributed by atoms with Crippen molar-refractivity contribution in [3.05, 3.63) is 0 Å². The number of aliphatic hydroxyl groups excluding tert-OH is 6. The molecule has 0 aromatic heterocycles. The predicted octanol–water partition coefficient (Wildman–Crippen LogP) is -4.09. The normalized spacial score (nSPS) is 48.5. The van der Waals surface area contributed by atoms with Crippen LogP contribution in [0.15, 0.2) is 0 Å². The molecule has 0 bridgehead atoms. The fourth-order valence-corrected chi connectivity index (χ4v) is 3.10. The van der Waals surface area contributed by atoms with Gasteiger partial charge in [0.1, 0.15) is 48.8 Å². The van der Waals surface area contributed by atoms with Crippen LogP contribution in [0, 0.1) is 0 Å². The fourth-order valence-electron chi connectivity index (χ4n) is 3.10. The number of hydrogen-bond acceptors (Lipinski definition) is 11. The molecule has 2 aliphatic heterocycles. The van der Waals surface area contributed by atoms with Crippen LogP contribution in [0.5, 0.6) is 0 Å². The average molecular weight is 370 g/mol. The van der Waals surface area contributed by atoms with Crippen LogP contribution in [0.4, 0.5) is 0 Å². The number of rotatable bonds is 6. The summed E-state index contributed by atoms with van der Waals surface area (Å²) in [5.74, 6) is 0. The SMILES string of the molecule is CO[C@@H]1[C@@H](O)[C@H](O[C@H]2[C@H](O)[C@@H](O)[C@H](O)O[C@@H]2CO)O[C@H](CO)[C@@H]1OC. The van der Waals surface area contributed by atoms with Crippen molar-refractivity contribution in [3.8, 4) is 0 Å². The van der Waals surface area contributed by atoms with Gasteiger partial charge in [0.15, 0.2) is 12.6 Å². The van der Waals surface area contributed by atoms with Crippen LogP contribution < -0.4 is 0 Å². The van der Waals surface area contributed by atoms with Gasteiger partial charge in [-0.3, -0.25) is 0 Å². The van der Waals surface area contributed by atoms with Gasteiger partial charge in [-0.2, -0.15) is 0 Å². The van der Waals surface area contributed by atoms with Crippen LogP contribution in [0.1, 0.15) is 0 Å². The Morgan fingerprint density at radius 1 is 0.720 bits per heavy atom. The first-order chi connectivity index (χ1) is 11.9. The van der Waals surface area contributed by atoms with Crippen molar-refractivity contribution in [2.24, 2.45) is 0 Å². The monoisotopic (exact) mass is 370 g/mol. The molecule has 25 heavy (non-hydrogen) atoms. The largest absolute Gasteiger partial charge is 0.394 e. The third-order valence-corrected chi connectivity index (χ3v) is 4.47. The summed E-state index contributed by atoms with van der Waals surface area (Å²) < 4.78 is 26.4. The Morgan fingerprint density at radius 2 is 1.28 bits per heavy atom. The zero-order chi connectivity index (χ0) is 18.7. The van der Waals surface area contributed by atoms with E-state index < -0.39 is 74.6 Å². The summed E-state index contributed by atoms with van der Waals surface area (Å²) in [5.41, 5.74) is 0. The molecule has 11 heteroatoms. The van der Waals surface area contributed by atoms with Gasteiger partial charge in [0, 0.05) is 14.2 Å². The number of ether oxygens (including phenoxy) is 5. The molecule has 2 saturated heterocycles. The Bertz CT molecular complexity index is 408. The average Bonchev–Trinajstić information content (AvgIpc) is 2.62. The molecule has 6 N–H and O–H groups in total. The molecule has 10 atom stereocenters. The summed E-state index contributed by atoms with van der Waals surface area (Å²) in [5, 5.41) is 58.6. The summed E-state index contributed by atoms with van der Waals surface area (Å²) >= 11 is 0. The second-order valence-corrected chi connectivity index (χ2v) is 5.95. The summed E-state index contributed by atoms with van der Waals surface area (Å²) in [6.07, 6.45) is -12.7. The minimum atomic E-state index is -1.70.